The summed E-state index contributed by atoms with van der Waals surface area (Å²) in [5.41, 5.74) is 0.754. The Hall–Kier alpha value is -1.64. The maximum absolute atomic E-state index is 10.8. The van der Waals surface area contributed by atoms with E-state index in [0.717, 1.165) is 5.56 Å². The van der Waals surface area contributed by atoms with Crippen molar-refractivity contribution in [1.82, 2.24) is 15.1 Å². The summed E-state index contributed by atoms with van der Waals surface area (Å²) in [6.07, 6.45) is 1.58. The van der Waals surface area contributed by atoms with Gasteiger partial charge in [-0.05, 0) is 6.07 Å². The molecule has 1 aromatic heterocycles. The van der Waals surface area contributed by atoms with Crippen LogP contribution in [0.5, 0.6) is 5.75 Å². The number of aromatic hydroxyl groups is 1. The van der Waals surface area contributed by atoms with E-state index in [-0.39, 0.29) is 17.9 Å². The van der Waals surface area contributed by atoms with E-state index in [0.29, 0.717) is 18.2 Å². The Morgan fingerprint density at radius 1 is 1.38 bits per heavy atom. The highest BCUT2D eigenvalue weighted by atomic mass is 35.5. The first-order valence-electron chi connectivity index (χ1n) is 7.78. The standard InChI is InChI=1S/C16H18ClN3O4/c17-10-6-19-20(7-10)14-15(22)13(12-8-23-16(14)24-12)18-5-9-3-1-2-4-11(9)21/h1-4,6-7,12-16,18,21-22H,5,8H2/t12-,13-,14-,15+,16-/m1/s1. The van der Waals surface area contributed by atoms with E-state index in [4.69, 9.17) is 21.1 Å². The van der Waals surface area contributed by atoms with Gasteiger partial charge in [0, 0.05) is 18.3 Å². The number of phenolic OH excluding ortho intramolecular Hbond substituents is 1. The molecular weight excluding hydrogens is 334 g/mol. The van der Waals surface area contributed by atoms with Crippen LogP contribution in [0.2, 0.25) is 5.02 Å². The van der Waals surface area contributed by atoms with Crippen molar-refractivity contribution in [3.63, 3.8) is 0 Å². The average molecular weight is 352 g/mol. The first-order valence-corrected chi connectivity index (χ1v) is 8.16. The molecule has 3 N–H and O–H groups in total. The van der Waals surface area contributed by atoms with Gasteiger partial charge in [-0.25, -0.2) is 0 Å². The average Bonchev–Trinajstić information content (AvgIpc) is 3.17. The smallest absolute Gasteiger partial charge is 0.183 e. The van der Waals surface area contributed by atoms with Crippen molar-refractivity contribution in [2.75, 3.05) is 6.61 Å². The van der Waals surface area contributed by atoms with E-state index in [1.54, 1.807) is 23.0 Å². The van der Waals surface area contributed by atoms with E-state index >= 15 is 0 Å². The number of rotatable bonds is 4. The molecular formula is C16H18ClN3O4. The quantitative estimate of drug-likeness (QED) is 0.763. The molecule has 0 unspecified atom stereocenters. The van der Waals surface area contributed by atoms with Gasteiger partial charge in [0.15, 0.2) is 6.29 Å². The van der Waals surface area contributed by atoms with Crippen LogP contribution in [0.1, 0.15) is 11.6 Å². The summed E-state index contributed by atoms with van der Waals surface area (Å²) in [5, 5.41) is 28.6. The van der Waals surface area contributed by atoms with Crippen LogP contribution >= 0.6 is 11.6 Å². The normalized spacial score (nSPS) is 32.2. The molecule has 0 spiro atoms. The number of fused-ring (bicyclic) bond motifs is 2. The highest BCUT2D eigenvalue weighted by Gasteiger charge is 2.51. The van der Waals surface area contributed by atoms with Gasteiger partial charge in [0.2, 0.25) is 0 Å². The van der Waals surface area contributed by atoms with Crippen LogP contribution in [0, 0.1) is 0 Å². The number of phenols is 1. The minimum absolute atomic E-state index is 0.215. The Bertz CT molecular complexity index is 725. The lowest BCUT2D eigenvalue weighted by molar-refractivity contribution is -0.168. The number of para-hydroxylation sites is 1. The van der Waals surface area contributed by atoms with Crippen LogP contribution in [0.4, 0.5) is 0 Å². The molecule has 0 aliphatic carbocycles. The van der Waals surface area contributed by atoms with Crippen molar-refractivity contribution in [3.05, 3.63) is 47.2 Å². The molecule has 2 aliphatic heterocycles. The van der Waals surface area contributed by atoms with Crippen LogP contribution in [0.3, 0.4) is 0 Å². The summed E-state index contributed by atoms with van der Waals surface area (Å²) in [4.78, 5) is 0. The second-order valence-corrected chi connectivity index (χ2v) is 6.47. The van der Waals surface area contributed by atoms with Crippen molar-refractivity contribution in [2.45, 2.75) is 37.1 Å². The molecule has 24 heavy (non-hydrogen) atoms. The third kappa shape index (κ3) is 2.78. The Balaban J connectivity index is 1.53. The largest absolute Gasteiger partial charge is 0.508 e. The van der Waals surface area contributed by atoms with Gasteiger partial charge >= 0.3 is 0 Å². The first-order chi connectivity index (χ1) is 11.6. The summed E-state index contributed by atoms with van der Waals surface area (Å²) in [5.74, 6) is 0.215. The van der Waals surface area contributed by atoms with Gasteiger partial charge in [0.1, 0.15) is 17.9 Å². The highest BCUT2D eigenvalue weighted by Crippen LogP contribution is 2.36. The number of nitrogens with zero attached hydrogens (tertiary/aromatic N) is 2. The zero-order valence-electron chi connectivity index (χ0n) is 12.7. The Morgan fingerprint density at radius 2 is 2.21 bits per heavy atom. The predicted octanol–water partition coefficient (Wildman–Crippen LogP) is 1.06. The molecule has 5 atom stereocenters. The summed E-state index contributed by atoms with van der Waals surface area (Å²) < 4.78 is 13.1. The topological polar surface area (TPSA) is 88.8 Å². The summed E-state index contributed by atoms with van der Waals surface area (Å²) in [7, 11) is 0. The maximum Gasteiger partial charge on any atom is 0.183 e. The molecule has 2 aliphatic rings. The number of hydrogen-bond acceptors (Lipinski definition) is 6. The fourth-order valence-corrected chi connectivity index (χ4v) is 3.44. The number of halogens is 1. The zero-order chi connectivity index (χ0) is 16.7. The molecule has 4 rings (SSSR count). The first kappa shape index (κ1) is 15.9. The predicted molar refractivity (Wildman–Crippen MR) is 85.6 cm³/mol. The molecule has 2 fully saturated rings. The molecule has 3 heterocycles. The number of nitrogens with one attached hydrogen (secondary N) is 1. The van der Waals surface area contributed by atoms with Gasteiger partial charge in [-0.15, -0.1) is 0 Å². The van der Waals surface area contributed by atoms with E-state index in [1.807, 2.05) is 12.1 Å². The van der Waals surface area contributed by atoms with Crippen LogP contribution in [0.25, 0.3) is 0 Å². The van der Waals surface area contributed by atoms with Gasteiger partial charge in [-0.3, -0.25) is 4.68 Å². The van der Waals surface area contributed by atoms with E-state index in [1.165, 1.54) is 6.20 Å². The fourth-order valence-electron chi connectivity index (χ4n) is 3.30. The van der Waals surface area contributed by atoms with Gasteiger partial charge in [-0.1, -0.05) is 29.8 Å². The van der Waals surface area contributed by atoms with Gasteiger partial charge in [-0.2, -0.15) is 5.10 Å². The van der Waals surface area contributed by atoms with Crippen molar-refractivity contribution < 1.29 is 19.7 Å². The van der Waals surface area contributed by atoms with E-state index < -0.39 is 18.4 Å². The molecule has 2 aromatic rings. The third-order valence-electron chi connectivity index (χ3n) is 4.53. The van der Waals surface area contributed by atoms with Gasteiger partial charge in [0.25, 0.3) is 0 Å². The van der Waals surface area contributed by atoms with Crippen LogP contribution in [-0.4, -0.2) is 51.1 Å². The number of aliphatic hydroxyl groups excluding tert-OH is 1. The Kier molecular flexibility index (Phi) is 4.19. The molecule has 0 radical (unpaired) electrons. The minimum Gasteiger partial charge on any atom is -0.508 e. The number of hydrogen-bond donors (Lipinski definition) is 3. The molecule has 0 saturated carbocycles. The number of benzene rings is 1. The maximum atomic E-state index is 10.8. The second kappa shape index (κ2) is 6.34. The summed E-state index contributed by atoms with van der Waals surface area (Å²) in [6, 6.07) is 6.25. The lowest BCUT2D eigenvalue weighted by Crippen LogP contribution is -2.57. The molecule has 7 nitrogen and oxygen atoms in total. The SMILES string of the molecule is Oc1ccccc1CN[C@H]1[C@H](O)[C@@H](n2cc(Cl)cn2)[C@@H]2OC[C@H]1O2. The second-order valence-electron chi connectivity index (χ2n) is 6.03. The van der Waals surface area contributed by atoms with Gasteiger partial charge < -0.3 is 25.0 Å². The monoisotopic (exact) mass is 351 g/mol. The number of aliphatic hydroxyl groups is 1. The molecule has 1 aromatic carbocycles. The minimum atomic E-state index is -0.766. The molecule has 128 valence electrons. The zero-order valence-corrected chi connectivity index (χ0v) is 13.5. The lowest BCUT2D eigenvalue weighted by Gasteiger charge is -2.38. The fraction of sp³-hybridized carbons (Fsp3) is 0.438. The van der Waals surface area contributed by atoms with Crippen molar-refractivity contribution in [3.8, 4) is 5.75 Å². The Labute approximate surface area is 143 Å². The molecule has 8 heteroatoms. The molecule has 2 bridgehead atoms. The summed E-state index contributed by atoms with van der Waals surface area (Å²) >= 11 is 5.93. The van der Waals surface area contributed by atoms with E-state index in [9.17, 15) is 10.2 Å². The van der Waals surface area contributed by atoms with Gasteiger partial charge in [0.05, 0.1) is 30.0 Å². The van der Waals surface area contributed by atoms with Crippen molar-refractivity contribution in [1.29, 1.82) is 0 Å². The Morgan fingerprint density at radius 3 is 2.96 bits per heavy atom. The third-order valence-corrected chi connectivity index (χ3v) is 4.72. The summed E-state index contributed by atoms with van der Waals surface area (Å²) in [6.45, 7) is 0.803. The highest BCUT2D eigenvalue weighted by molar-refractivity contribution is 6.30. The van der Waals surface area contributed by atoms with Crippen LogP contribution in [0.15, 0.2) is 36.7 Å². The van der Waals surface area contributed by atoms with Crippen LogP contribution < -0.4 is 5.32 Å². The molecule has 0 amide bonds. The van der Waals surface area contributed by atoms with E-state index in [2.05, 4.69) is 10.4 Å². The van der Waals surface area contributed by atoms with Crippen molar-refractivity contribution >= 4 is 11.6 Å². The van der Waals surface area contributed by atoms with Crippen molar-refractivity contribution in [2.24, 2.45) is 0 Å². The lowest BCUT2D eigenvalue weighted by atomic mass is 9.96. The number of aromatic nitrogens is 2. The van der Waals surface area contributed by atoms with Crippen LogP contribution in [-0.2, 0) is 16.0 Å². The molecule has 2 saturated heterocycles. The number of ether oxygens (including phenoxy) is 2.